The molecule has 0 bridgehead atoms. The number of nitrogens with one attached hydrogen (secondary N) is 2. The fourth-order valence-corrected chi connectivity index (χ4v) is 1.52. The summed E-state index contributed by atoms with van der Waals surface area (Å²) >= 11 is 0. The molecule has 0 aliphatic rings. The summed E-state index contributed by atoms with van der Waals surface area (Å²) in [4.78, 5) is 37.9. The molecule has 2 aromatic rings. The van der Waals surface area contributed by atoms with E-state index in [0.29, 0.717) is 11.1 Å². The van der Waals surface area contributed by atoms with Gasteiger partial charge in [-0.1, -0.05) is 0 Å². The van der Waals surface area contributed by atoms with Crippen LogP contribution in [0.25, 0.3) is 0 Å². The molecule has 19 heavy (non-hydrogen) atoms. The zero-order valence-corrected chi connectivity index (χ0v) is 10.5. The standard InChI is InChI=1S/C11H10N4O3.ClH/c12-9(16)7-2-1-3-15(5-7)6-8-4-13-11(18)14-10(8)17;/h1-5H,6H2,(H3-,12,13,14,16,17,18);1H. The molecule has 4 N–H and O–H groups in total. The van der Waals surface area contributed by atoms with Gasteiger partial charge in [-0.3, -0.25) is 14.6 Å². The van der Waals surface area contributed by atoms with Gasteiger partial charge in [-0.25, -0.2) is 4.79 Å². The molecule has 8 heteroatoms. The van der Waals surface area contributed by atoms with Gasteiger partial charge in [0.15, 0.2) is 18.9 Å². The van der Waals surface area contributed by atoms with Crippen molar-refractivity contribution in [1.29, 1.82) is 0 Å². The molecule has 0 unspecified atom stereocenters. The Hall–Kier alpha value is -2.41. The van der Waals surface area contributed by atoms with Gasteiger partial charge >= 0.3 is 5.69 Å². The number of carbonyl (C=O) groups excluding carboxylic acids is 1. The second kappa shape index (κ2) is 5.96. The van der Waals surface area contributed by atoms with Gasteiger partial charge in [-0.05, 0) is 6.07 Å². The normalized spacial score (nSPS) is 9.68. The summed E-state index contributed by atoms with van der Waals surface area (Å²) in [5, 5.41) is 0. The van der Waals surface area contributed by atoms with Crippen LogP contribution in [0.1, 0.15) is 15.9 Å². The maximum atomic E-state index is 11.5. The van der Waals surface area contributed by atoms with Gasteiger partial charge < -0.3 is 23.1 Å². The molecule has 0 fully saturated rings. The van der Waals surface area contributed by atoms with Gasteiger partial charge in [0.1, 0.15) is 5.56 Å². The number of carbonyl (C=O) groups is 1. The number of nitrogens with zero attached hydrogens (tertiary/aromatic N) is 1. The summed E-state index contributed by atoms with van der Waals surface area (Å²) in [7, 11) is 0. The molecule has 0 saturated carbocycles. The summed E-state index contributed by atoms with van der Waals surface area (Å²) in [6, 6.07) is 3.23. The third-order valence-electron chi connectivity index (χ3n) is 2.39. The van der Waals surface area contributed by atoms with Crippen LogP contribution in [-0.2, 0) is 6.54 Å². The maximum Gasteiger partial charge on any atom is 0.325 e. The second-order valence-corrected chi connectivity index (χ2v) is 3.73. The van der Waals surface area contributed by atoms with Crippen LogP contribution in [0.2, 0.25) is 0 Å². The Morgan fingerprint density at radius 1 is 1.37 bits per heavy atom. The molecule has 0 radical (unpaired) electrons. The van der Waals surface area contributed by atoms with E-state index in [2.05, 4.69) is 9.97 Å². The highest BCUT2D eigenvalue weighted by molar-refractivity contribution is 5.92. The van der Waals surface area contributed by atoms with Gasteiger partial charge in [0.05, 0.1) is 5.56 Å². The van der Waals surface area contributed by atoms with E-state index in [4.69, 9.17) is 5.73 Å². The first-order valence-electron chi connectivity index (χ1n) is 5.16. The molecule has 0 atom stereocenters. The lowest BCUT2D eigenvalue weighted by Crippen LogP contribution is -3.00. The van der Waals surface area contributed by atoms with Crippen LogP contribution in [0.4, 0.5) is 0 Å². The van der Waals surface area contributed by atoms with Gasteiger partial charge in [0, 0.05) is 12.3 Å². The molecular weight excluding hydrogens is 272 g/mol. The van der Waals surface area contributed by atoms with Crippen LogP contribution in [0.5, 0.6) is 0 Å². The summed E-state index contributed by atoms with van der Waals surface area (Å²) < 4.78 is 1.63. The third kappa shape index (κ3) is 3.52. The summed E-state index contributed by atoms with van der Waals surface area (Å²) in [6.07, 6.45) is 4.56. The number of primary amides is 1. The molecule has 0 aliphatic heterocycles. The zero-order chi connectivity index (χ0) is 13.1. The van der Waals surface area contributed by atoms with E-state index in [9.17, 15) is 14.4 Å². The average molecular weight is 283 g/mol. The number of aromatic amines is 2. The topological polar surface area (TPSA) is 113 Å². The van der Waals surface area contributed by atoms with Crippen LogP contribution in [-0.4, -0.2) is 15.9 Å². The minimum atomic E-state index is -0.556. The maximum absolute atomic E-state index is 11.5. The van der Waals surface area contributed by atoms with E-state index in [0.717, 1.165) is 0 Å². The molecule has 2 rings (SSSR count). The van der Waals surface area contributed by atoms with Gasteiger partial charge in [-0.2, -0.15) is 4.57 Å². The first kappa shape index (κ1) is 14.7. The van der Waals surface area contributed by atoms with Crippen molar-refractivity contribution in [2.45, 2.75) is 6.54 Å². The lowest BCUT2D eigenvalue weighted by Gasteiger charge is -1.98. The number of pyridine rings is 1. The minimum absolute atomic E-state index is 0. The molecule has 1 amide bonds. The van der Waals surface area contributed by atoms with Crippen LogP contribution >= 0.6 is 0 Å². The van der Waals surface area contributed by atoms with Crippen molar-refractivity contribution in [3.8, 4) is 0 Å². The number of hydrogen-bond donors (Lipinski definition) is 3. The molecule has 2 heterocycles. The molecular formula is C11H11ClN4O3. The van der Waals surface area contributed by atoms with E-state index in [-0.39, 0.29) is 19.0 Å². The van der Waals surface area contributed by atoms with Crippen LogP contribution < -0.4 is 34.0 Å². The Balaban J connectivity index is 0.00000180. The Morgan fingerprint density at radius 3 is 2.74 bits per heavy atom. The number of hydrogen-bond acceptors (Lipinski definition) is 3. The van der Waals surface area contributed by atoms with Crippen molar-refractivity contribution in [2.24, 2.45) is 5.73 Å². The highest BCUT2D eigenvalue weighted by Gasteiger charge is 2.10. The number of rotatable bonds is 3. The first-order valence-corrected chi connectivity index (χ1v) is 5.16. The van der Waals surface area contributed by atoms with Gasteiger partial charge in [-0.15, -0.1) is 0 Å². The minimum Gasteiger partial charge on any atom is -1.00 e. The Labute approximate surface area is 113 Å². The van der Waals surface area contributed by atoms with Crippen LogP contribution in [0.15, 0.2) is 40.3 Å². The third-order valence-corrected chi connectivity index (χ3v) is 2.39. The van der Waals surface area contributed by atoms with Crippen LogP contribution in [0.3, 0.4) is 0 Å². The summed E-state index contributed by atoms with van der Waals surface area (Å²) in [5.74, 6) is -0.542. The Bertz CT molecular complexity index is 707. The fraction of sp³-hybridized carbons (Fsp3) is 0.0909. The predicted octanol–water partition coefficient (Wildman–Crippen LogP) is -4.50. The van der Waals surface area contributed by atoms with Crippen molar-refractivity contribution in [1.82, 2.24) is 9.97 Å². The quantitative estimate of drug-likeness (QED) is 0.493. The van der Waals surface area contributed by atoms with E-state index >= 15 is 0 Å². The zero-order valence-electron chi connectivity index (χ0n) is 9.72. The van der Waals surface area contributed by atoms with Gasteiger partial charge in [0.25, 0.3) is 11.5 Å². The van der Waals surface area contributed by atoms with E-state index in [1.807, 2.05) is 0 Å². The molecule has 0 aliphatic carbocycles. The Morgan fingerprint density at radius 2 is 2.11 bits per heavy atom. The number of H-pyrrole nitrogens is 2. The number of halogens is 1. The lowest BCUT2D eigenvalue weighted by atomic mass is 10.2. The SMILES string of the molecule is NC(=O)c1ccc[n+](Cc2c[nH]c(=O)[nH]c2=O)c1.[Cl-]. The van der Waals surface area contributed by atoms with E-state index < -0.39 is 17.2 Å². The number of amides is 1. The molecule has 2 aromatic heterocycles. The molecule has 0 spiro atoms. The van der Waals surface area contributed by atoms with Crippen molar-refractivity contribution in [2.75, 3.05) is 0 Å². The van der Waals surface area contributed by atoms with Crippen molar-refractivity contribution >= 4 is 5.91 Å². The highest BCUT2D eigenvalue weighted by Crippen LogP contribution is 1.93. The van der Waals surface area contributed by atoms with Crippen LogP contribution in [0, 0.1) is 0 Å². The Kier molecular flexibility index (Phi) is 4.60. The predicted molar refractivity (Wildman–Crippen MR) is 61.9 cm³/mol. The molecule has 100 valence electrons. The average Bonchev–Trinajstić information content (AvgIpc) is 2.33. The first-order chi connectivity index (χ1) is 8.56. The summed E-state index contributed by atoms with van der Waals surface area (Å²) in [6.45, 7) is 0.229. The van der Waals surface area contributed by atoms with E-state index in [1.165, 1.54) is 12.4 Å². The second-order valence-electron chi connectivity index (χ2n) is 3.73. The number of nitrogens with two attached hydrogens (primary N) is 1. The largest absolute Gasteiger partial charge is 1.00 e. The van der Waals surface area contributed by atoms with E-state index in [1.54, 1.807) is 22.9 Å². The molecule has 0 aromatic carbocycles. The summed E-state index contributed by atoms with van der Waals surface area (Å²) in [5.41, 5.74) is 4.86. The van der Waals surface area contributed by atoms with Crippen molar-refractivity contribution in [3.63, 3.8) is 0 Å². The highest BCUT2D eigenvalue weighted by atomic mass is 35.5. The fourth-order valence-electron chi connectivity index (χ4n) is 1.52. The van der Waals surface area contributed by atoms with Crippen molar-refractivity contribution in [3.05, 3.63) is 62.7 Å². The monoisotopic (exact) mass is 282 g/mol. The lowest BCUT2D eigenvalue weighted by molar-refractivity contribution is -0.688. The molecule has 7 nitrogen and oxygen atoms in total. The molecule has 0 saturated heterocycles. The van der Waals surface area contributed by atoms with Crippen molar-refractivity contribution < 1.29 is 21.8 Å². The van der Waals surface area contributed by atoms with Gasteiger partial charge in [0.2, 0.25) is 0 Å². The smallest absolute Gasteiger partial charge is 0.325 e. The number of aromatic nitrogens is 3.